The van der Waals surface area contributed by atoms with Gasteiger partial charge in [0.2, 0.25) is 5.89 Å². The van der Waals surface area contributed by atoms with Gasteiger partial charge in [0.15, 0.2) is 6.33 Å². The zero-order chi connectivity index (χ0) is 11.9. The van der Waals surface area contributed by atoms with Crippen LogP contribution in [-0.2, 0) is 13.1 Å². The molecule has 1 heterocycles. The summed E-state index contributed by atoms with van der Waals surface area (Å²) in [6.07, 6.45) is 1.38. The highest BCUT2D eigenvalue weighted by Gasteiger charge is 2.09. The molecule has 0 radical (unpaired) electrons. The fraction of sp³-hybridized carbons (Fsp3) is 0.333. The Morgan fingerprint density at radius 1 is 1.18 bits per heavy atom. The van der Waals surface area contributed by atoms with E-state index in [2.05, 4.69) is 27.2 Å². The summed E-state index contributed by atoms with van der Waals surface area (Å²) in [5.74, 6) is 0.564. The van der Waals surface area contributed by atoms with Crippen molar-refractivity contribution < 1.29 is 9.63 Å². The lowest BCUT2D eigenvalue weighted by atomic mass is 10.2. The van der Waals surface area contributed by atoms with Crippen LogP contribution in [0, 0.1) is 0 Å². The second kappa shape index (κ2) is 6.12. The first-order valence-electron chi connectivity index (χ1n) is 5.51. The lowest BCUT2D eigenvalue weighted by Gasteiger charge is -2.19. The van der Waals surface area contributed by atoms with Gasteiger partial charge in [0.25, 0.3) is 0 Å². The molecule has 5 nitrogen and oxygen atoms in total. The Morgan fingerprint density at radius 2 is 2.00 bits per heavy atom. The largest absolute Gasteiger partial charge is 0.395 e. The molecule has 17 heavy (non-hydrogen) atoms. The molecule has 1 aromatic heterocycles. The van der Waals surface area contributed by atoms with Crippen molar-refractivity contribution in [2.24, 2.45) is 0 Å². The van der Waals surface area contributed by atoms with Crippen molar-refractivity contribution in [3.8, 4) is 0 Å². The quantitative estimate of drug-likeness (QED) is 0.808. The Bertz CT molecular complexity index is 417. The van der Waals surface area contributed by atoms with Gasteiger partial charge < -0.3 is 9.63 Å². The SMILES string of the molecule is OCCN(Cc1ccccc1)Cc1ncno1. The van der Waals surface area contributed by atoms with E-state index in [1.165, 1.54) is 11.9 Å². The second-order valence-electron chi connectivity index (χ2n) is 3.75. The number of rotatable bonds is 6. The maximum absolute atomic E-state index is 9.04. The molecule has 0 fully saturated rings. The van der Waals surface area contributed by atoms with Crippen LogP contribution >= 0.6 is 0 Å². The van der Waals surface area contributed by atoms with Gasteiger partial charge in [0.1, 0.15) is 0 Å². The first-order valence-corrected chi connectivity index (χ1v) is 5.51. The third-order valence-corrected chi connectivity index (χ3v) is 2.43. The summed E-state index contributed by atoms with van der Waals surface area (Å²) in [6, 6.07) is 10.1. The molecule has 1 N–H and O–H groups in total. The van der Waals surface area contributed by atoms with Crippen LogP contribution in [0.2, 0.25) is 0 Å². The molecular formula is C12H15N3O2. The molecule has 1 aromatic carbocycles. The van der Waals surface area contributed by atoms with Crippen molar-refractivity contribution in [1.29, 1.82) is 0 Å². The Kier molecular flexibility index (Phi) is 4.23. The summed E-state index contributed by atoms with van der Waals surface area (Å²) in [6.45, 7) is 2.00. The van der Waals surface area contributed by atoms with Gasteiger partial charge in [-0.3, -0.25) is 4.90 Å². The molecule has 0 bridgehead atoms. The molecule has 0 saturated carbocycles. The Morgan fingerprint density at radius 3 is 2.65 bits per heavy atom. The van der Waals surface area contributed by atoms with Crippen molar-refractivity contribution in [2.45, 2.75) is 13.1 Å². The van der Waals surface area contributed by atoms with Gasteiger partial charge in [0, 0.05) is 13.1 Å². The van der Waals surface area contributed by atoms with Gasteiger partial charge in [-0.1, -0.05) is 35.5 Å². The van der Waals surface area contributed by atoms with Crippen LogP contribution in [0.4, 0.5) is 0 Å². The maximum atomic E-state index is 9.04. The molecule has 0 spiro atoms. The molecule has 0 atom stereocenters. The van der Waals surface area contributed by atoms with Crippen LogP contribution in [0.25, 0.3) is 0 Å². The molecule has 90 valence electrons. The molecular weight excluding hydrogens is 218 g/mol. The number of nitrogens with zero attached hydrogens (tertiary/aromatic N) is 3. The normalized spacial score (nSPS) is 10.9. The predicted octanol–water partition coefficient (Wildman–Crippen LogP) is 1.06. The fourth-order valence-electron chi connectivity index (χ4n) is 1.65. The average Bonchev–Trinajstić information content (AvgIpc) is 2.83. The topological polar surface area (TPSA) is 62.4 Å². The highest BCUT2D eigenvalue weighted by atomic mass is 16.5. The smallest absolute Gasteiger partial charge is 0.240 e. The third-order valence-electron chi connectivity index (χ3n) is 2.43. The van der Waals surface area contributed by atoms with Gasteiger partial charge in [0.05, 0.1) is 13.2 Å². The number of benzene rings is 1. The first kappa shape index (κ1) is 11.8. The van der Waals surface area contributed by atoms with Gasteiger partial charge in [-0.15, -0.1) is 0 Å². The Hall–Kier alpha value is -1.72. The summed E-state index contributed by atoms with van der Waals surface area (Å²) < 4.78 is 4.96. The van der Waals surface area contributed by atoms with E-state index in [1.807, 2.05) is 18.2 Å². The lowest BCUT2D eigenvalue weighted by Crippen LogP contribution is -2.26. The van der Waals surface area contributed by atoms with Crippen molar-refractivity contribution in [3.63, 3.8) is 0 Å². The van der Waals surface area contributed by atoms with Crippen LogP contribution in [0.3, 0.4) is 0 Å². The van der Waals surface area contributed by atoms with Crippen LogP contribution < -0.4 is 0 Å². The Balaban J connectivity index is 1.97. The molecule has 0 aliphatic carbocycles. The van der Waals surface area contributed by atoms with Crippen molar-refractivity contribution in [2.75, 3.05) is 13.2 Å². The third kappa shape index (κ3) is 3.65. The van der Waals surface area contributed by atoms with Crippen molar-refractivity contribution >= 4 is 0 Å². The molecule has 0 saturated heterocycles. The van der Waals surface area contributed by atoms with Gasteiger partial charge in [-0.25, -0.2) is 0 Å². The van der Waals surface area contributed by atoms with Gasteiger partial charge in [-0.2, -0.15) is 4.98 Å². The minimum absolute atomic E-state index is 0.112. The van der Waals surface area contributed by atoms with Gasteiger partial charge >= 0.3 is 0 Å². The van der Waals surface area contributed by atoms with Crippen LogP contribution in [0.5, 0.6) is 0 Å². The summed E-state index contributed by atoms with van der Waals surface area (Å²) in [5.41, 5.74) is 1.19. The molecule has 5 heteroatoms. The highest BCUT2D eigenvalue weighted by Crippen LogP contribution is 2.07. The molecule has 0 unspecified atom stereocenters. The van der Waals surface area contributed by atoms with Gasteiger partial charge in [-0.05, 0) is 5.56 Å². The minimum atomic E-state index is 0.112. The number of aliphatic hydroxyl groups is 1. The lowest BCUT2D eigenvalue weighted by molar-refractivity contribution is 0.167. The van der Waals surface area contributed by atoms with E-state index in [-0.39, 0.29) is 6.61 Å². The van der Waals surface area contributed by atoms with E-state index in [0.29, 0.717) is 19.0 Å². The van der Waals surface area contributed by atoms with E-state index in [0.717, 1.165) is 6.54 Å². The summed E-state index contributed by atoms with van der Waals surface area (Å²) in [4.78, 5) is 6.04. The predicted molar refractivity (Wildman–Crippen MR) is 61.9 cm³/mol. The van der Waals surface area contributed by atoms with E-state index < -0.39 is 0 Å². The molecule has 0 aliphatic heterocycles. The minimum Gasteiger partial charge on any atom is -0.395 e. The van der Waals surface area contributed by atoms with E-state index >= 15 is 0 Å². The van der Waals surface area contributed by atoms with Crippen LogP contribution in [0.1, 0.15) is 11.5 Å². The van der Waals surface area contributed by atoms with E-state index in [1.54, 1.807) is 0 Å². The number of aromatic nitrogens is 2. The molecule has 0 aliphatic rings. The molecule has 2 rings (SSSR count). The van der Waals surface area contributed by atoms with Crippen LogP contribution in [-0.4, -0.2) is 33.3 Å². The van der Waals surface area contributed by atoms with E-state index in [9.17, 15) is 0 Å². The second-order valence-corrected chi connectivity index (χ2v) is 3.75. The summed E-state index contributed by atoms with van der Waals surface area (Å²) in [5, 5.41) is 12.6. The summed E-state index contributed by atoms with van der Waals surface area (Å²) in [7, 11) is 0. The zero-order valence-electron chi connectivity index (χ0n) is 9.49. The van der Waals surface area contributed by atoms with Crippen molar-refractivity contribution in [3.05, 3.63) is 48.1 Å². The maximum Gasteiger partial charge on any atom is 0.240 e. The Labute approximate surface area is 99.7 Å². The number of aliphatic hydroxyl groups excluding tert-OH is 1. The summed E-state index contributed by atoms with van der Waals surface area (Å²) >= 11 is 0. The molecule has 0 amide bonds. The highest BCUT2D eigenvalue weighted by molar-refractivity contribution is 5.14. The zero-order valence-corrected chi connectivity index (χ0v) is 9.49. The fourth-order valence-corrected chi connectivity index (χ4v) is 1.65. The number of hydrogen-bond acceptors (Lipinski definition) is 5. The first-order chi connectivity index (χ1) is 8.38. The number of hydrogen-bond donors (Lipinski definition) is 1. The monoisotopic (exact) mass is 233 g/mol. The van der Waals surface area contributed by atoms with Crippen LogP contribution in [0.15, 0.2) is 41.2 Å². The standard InChI is InChI=1S/C12H15N3O2/c16-7-6-15(9-12-13-10-14-17-12)8-11-4-2-1-3-5-11/h1-5,10,16H,6-9H2. The average molecular weight is 233 g/mol. The van der Waals surface area contributed by atoms with Crippen molar-refractivity contribution in [1.82, 2.24) is 15.0 Å². The molecule has 2 aromatic rings. The van der Waals surface area contributed by atoms with E-state index in [4.69, 9.17) is 9.63 Å².